The van der Waals surface area contributed by atoms with Gasteiger partial charge in [-0.15, -0.1) is 0 Å². The number of pyridine rings is 1. The third-order valence-electron chi connectivity index (χ3n) is 2.25. The first kappa shape index (κ1) is 7.93. The molecule has 1 aliphatic rings. The lowest BCUT2D eigenvalue weighted by Crippen LogP contribution is -2.11. The predicted molar refractivity (Wildman–Crippen MR) is 46.2 cm³/mol. The summed E-state index contributed by atoms with van der Waals surface area (Å²) >= 11 is 0. The smallest absolute Gasteiger partial charge is 0.164 e. The van der Waals surface area contributed by atoms with E-state index < -0.39 is 0 Å². The molecular formula is C10H8N2O. The van der Waals surface area contributed by atoms with Gasteiger partial charge in [-0.3, -0.25) is 4.79 Å². The van der Waals surface area contributed by atoms with Gasteiger partial charge in [-0.2, -0.15) is 5.26 Å². The van der Waals surface area contributed by atoms with Gasteiger partial charge in [0, 0.05) is 18.2 Å². The van der Waals surface area contributed by atoms with Crippen molar-refractivity contribution >= 4 is 5.78 Å². The van der Waals surface area contributed by atoms with Crippen molar-refractivity contribution in [3.8, 4) is 6.07 Å². The number of rotatable bonds is 0. The standard InChI is InChI=1S/C10H8N2O/c11-5-8-4-7-2-1-3-10(13)9(7)6-12-8/h4,6H,1-3H2. The van der Waals surface area contributed by atoms with Gasteiger partial charge in [0.2, 0.25) is 0 Å². The Bertz CT molecular complexity index is 404. The monoisotopic (exact) mass is 172 g/mol. The second-order valence-electron chi connectivity index (χ2n) is 3.12. The van der Waals surface area contributed by atoms with E-state index in [4.69, 9.17) is 5.26 Å². The maximum atomic E-state index is 11.4. The second kappa shape index (κ2) is 2.98. The van der Waals surface area contributed by atoms with E-state index in [1.54, 1.807) is 6.07 Å². The Morgan fingerprint density at radius 3 is 3.08 bits per heavy atom. The molecule has 0 atom stereocenters. The van der Waals surface area contributed by atoms with Crippen LogP contribution in [0.3, 0.4) is 0 Å². The molecule has 3 heteroatoms. The number of aryl methyl sites for hydroxylation is 1. The van der Waals surface area contributed by atoms with E-state index >= 15 is 0 Å². The van der Waals surface area contributed by atoms with E-state index in [9.17, 15) is 4.79 Å². The first-order valence-corrected chi connectivity index (χ1v) is 4.23. The molecule has 0 radical (unpaired) electrons. The van der Waals surface area contributed by atoms with Crippen LogP contribution in [0.15, 0.2) is 12.3 Å². The summed E-state index contributed by atoms with van der Waals surface area (Å²) in [5.74, 6) is 0.151. The van der Waals surface area contributed by atoms with Gasteiger partial charge in [-0.25, -0.2) is 4.98 Å². The number of nitriles is 1. The van der Waals surface area contributed by atoms with E-state index in [0.717, 1.165) is 18.4 Å². The van der Waals surface area contributed by atoms with Crippen LogP contribution in [0.1, 0.15) is 34.5 Å². The average Bonchev–Trinajstić information content (AvgIpc) is 2.18. The molecule has 2 rings (SSSR count). The fourth-order valence-electron chi connectivity index (χ4n) is 1.59. The van der Waals surface area contributed by atoms with Crippen LogP contribution in [0.25, 0.3) is 0 Å². The summed E-state index contributed by atoms with van der Waals surface area (Å²) in [4.78, 5) is 15.2. The van der Waals surface area contributed by atoms with Gasteiger partial charge in [0.15, 0.2) is 5.78 Å². The molecule has 0 amide bonds. The number of carbonyl (C=O) groups excluding carboxylic acids is 1. The van der Waals surface area contributed by atoms with Crippen LogP contribution in [-0.4, -0.2) is 10.8 Å². The van der Waals surface area contributed by atoms with Crippen LogP contribution >= 0.6 is 0 Å². The minimum absolute atomic E-state index is 0.151. The van der Waals surface area contributed by atoms with Gasteiger partial charge < -0.3 is 0 Å². The Balaban J connectivity index is 2.53. The first-order chi connectivity index (χ1) is 6.31. The predicted octanol–water partition coefficient (Wildman–Crippen LogP) is 1.47. The SMILES string of the molecule is N#Cc1cc2c(cn1)C(=O)CCC2. The van der Waals surface area contributed by atoms with Crippen molar-refractivity contribution in [3.63, 3.8) is 0 Å². The number of aromatic nitrogens is 1. The van der Waals surface area contributed by atoms with E-state index in [-0.39, 0.29) is 5.78 Å². The minimum atomic E-state index is 0.151. The Morgan fingerprint density at radius 1 is 1.46 bits per heavy atom. The second-order valence-corrected chi connectivity index (χ2v) is 3.12. The number of nitrogens with zero attached hydrogens (tertiary/aromatic N) is 2. The summed E-state index contributed by atoms with van der Waals surface area (Å²) in [5, 5.41) is 8.61. The lowest BCUT2D eigenvalue weighted by molar-refractivity contribution is 0.0972. The molecule has 0 unspecified atom stereocenters. The quantitative estimate of drug-likeness (QED) is 0.595. The highest BCUT2D eigenvalue weighted by Gasteiger charge is 2.17. The van der Waals surface area contributed by atoms with E-state index in [0.29, 0.717) is 17.7 Å². The average molecular weight is 172 g/mol. The molecule has 1 aliphatic carbocycles. The normalized spacial score (nSPS) is 14.8. The Kier molecular flexibility index (Phi) is 1.82. The highest BCUT2D eigenvalue weighted by molar-refractivity contribution is 5.98. The van der Waals surface area contributed by atoms with Crippen LogP contribution in [0, 0.1) is 11.3 Å². The highest BCUT2D eigenvalue weighted by Crippen LogP contribution is 2.20. The molecule has 1 aromatic heterocycles. The Hall–Kier alpha value is -1.69. The summed E-state index contributed by atoms with van der Waals surface area (Å²) in [7, 11) is 0. The fourth-order valence-corrected chi connectivity index (χ4v) is 1.59. The van der Waals surface area contributed by atoms with Crippen LogP contribution in [0.5, 0.6) is 0 Å². The van der Waals surface area contributed by atoms with Crippen LogP contribution in [-0.2, 0) is 6.42 Å². The largest absolute Gasteiger partial charge is 0.294 e. The molecule has 1 heterocycles. The lowest BCUT2D eigenvalue weighted by atomic mass is 9.92. The maximum absolute atomic E-state index is 11.4. The van der Waals surface area contributed by atoms with Crippen LogP contribution in [0.2, 0.25) is 0 Å². The fraction of sp³-hybridized carbons (Fsp3) is 0.300. The zero-order chi connectivity index (χ0) is 9.26. The Labute approximate surface area is 76.0 Å². The van der Waals surface area contributed by atoms with E-state index in [2.05, 4.69) is 4.98 Å². The number of carbonyl (C=O) groups is 1. The van der Waals surface area contributed by atoms with E-state index in [1.165, 1.54) is 6.20 Å². The van der Waals surface area contributed by atoms with Crippen molar-refractivity contribution in [2.24, 2.45) is 0 Å². The molecule has 0 bridgehead atoms. The lowest BCUT2D eigenvalue weighted by Gasteiger charge is -2.13. The van der Waals surface area contributed by atoms with Crippen LogP contribution < -0.4 is 0 Å². The molecule has 13 heavy (non-hydrogen) atoms. The summed E-state index contributed by atoms with van der Waals surface area (Å²) in [6, 6.07) is 3.68. The van der Waals surface area contributed by atoms with Crippen molar-refractivity contribution in [1.82, 2.24) is 4.98 Å². The third-order valence-corrected chi connectivity index (χ3v) is 2.25. The van der Waals surface area contributed by atoms with Crippen molar-refractivity contribution in [2.75, 3.05) is 0 Å². The van der Waals surface area contributed by atoms with E-state index in [1.807, 2.05) is 6.07 Å². The summed E-state index contributed by atoms with van der Waals surface area (Å²) in [6.45, 7) is 0. The molecule has 64 valence electrons. The molecule has 0 aliphatic heterocycles. The summed E-state index contributed by atoms with van der Waals surface area (Å²) < 4.78 is 0. The van der Waals surface area contributed by atoms with Crippen molar-refractivity contribution in [1.29, 1.82) is 5.26 Å². The minimum Gasteiger partial charge on any atom is -0.294 e. The maximum Gasteiger partial charge on any atom is 0.164 e. The van der Waals surface area contributed by atoms with Gasteiger partial charge in [-0.05, 0) is 24.5 Å². The number of hydrogen-bond donors (Lipinski definition) is 0. The molecule has 0 spiro atoms. The molecule has 0 N–H and O–H groups in total. The molecule has 0 aromatic carbocycles. The topological polar surface area (TPSA) is 53.8 Å². The van der Waals surface area contributed by atoms with Crippen molar-refractivity contribution < 1.29 is 4.79 Å². The van der Waals surface area contributed by atoms with Gasteiger partial charge in [0.05, 0.1) is 0 Å². The van der Waals surface area contributed by atoms with Gasteiger partial charge in [-0.1, -0.05) is 0 Å². The van der Waals surface area contributed by atoms with Gasteiger partial charge in [0.1, 0.15) is 11.8 Å². The molecule has 0 fully saturated rings. The summed E-state index contributed by atoms with van der Waals surface area (Å²) in [5.41, 5.74) is 2.07. The molecule has 1 aromatic rings. The zero-order valence-corrected chi connectivity index (χ0v) is 7.08. The molecular weight excluding hydrogens is 164 g/mol. The number of Topliss-reactive ketones (excluding diaryl/α,β-unsaturated/α-hetero) is 1. The third kappa shape index (κ3) is 1.31. The zero-order valence-electron chi connectivity index (χ0n) is 7.08. The Morgan fingerprint density at radius 2 is 2.31 bits per heavy atom. The first-order valence-electron chi connectivity index (χ1n) is 4.23. The van der Waals surface area contributed by atoms with Gasteiger partial charge in [0.25, 0.3) is 0 Å². The number of ketones is 1. The summed E-state index contributed by atoms with van der Waals surface area (Å²) in [6.07, 6.45) is 3.91. The molecule has 0 saturated carbocycles. The van der Waals surface area contributed by atoms with Crippen molar-refractivity contribution in [3.05, 3.63) is 29.1 Å². The number of fused-ring (bicyclic) bond motifs is 1. The number of hydrogen-bond acceptors (Lipinski definition) is 3. The van der Waals surface area contributed by atoms with Crippen molar-refractivity contribution in [2.45, 2.75) is 19.3 Å². The molecule has 3 nitrogen and oxygen atoms in total. The molecule has 0 saturated heterocycles. The highest BCUT2D eigenvalue weighted by atomic mass is 16.1. The van der Waals surface area contributed by atoms with Gasteiger partial charge >= 0.3 is 0 Å². The van der Waals surface area contributed by atoms with Crippen LogP contribution in [0.4, 0.5) is 0 Å².